The van der Waals surface area contributed by atoms with Crippen molar-refractivity contribution in [3.05, 3.63) is 16.9 Å². The van der Waals surface area contributed by atoms with Crippen LogP contribution in [0.25, 0.3) is 0 Å². The normalized spacial score (nSPS) is 14.2. The van der Waals surface area contributed by atoms with E-state index in [0.717, 1.165) is 23.6 Å². The van der Waals surface area contributed by atoms with Gasteiger partial charge in [0.2, 0.25) is 0 Å². The van der Waals surface area contributed by atoms with Gasteiger partial charge < -0.3 is 10.2 Å². The van der Waals surface area contributed by atoms with Crippen LogP contribution in [-0.4, -0.2) is 41.4 Å². The third kappa shape index (κ3) is 2.42. The van der Waals surface area contributed by atoms with Crippen molar-refractivity contribution >= 4 is 11.6 Å². The molecule has 104 valence electrons. The molecule has 1 atom stereocenters. The van der Waals surface area contributed by atoms with Gasteiger partial charge in [0, 0.05) is 12.6 Å². The largest absolute Gasteiger partial charge is 0.310 e. The van der Waals surface area contributed by atoms with Crippen LogP contribution in [0.5, 0.6) is 0 Å². The molecule has 5 heteroatoms. The minimum absolute atomic E-state index is 0.0339. The van der Waals surface area contributed by atoms with E-state index in [-0.39, 0.29) is 11.6 Å². The number of halogens is 1. The Morgan fingerprint density at radius 2 is 2.00 bits per heavy atom. The molecule has 0 bridgehead atoms. The monoisotopic (exact) mass is 272 g/mol. The van der Waals surface area contributed by atoms with Crippen molar-refractivity contribution < 1.29 is 0 Å². The van der Waals surface area contributed by atoms with Gasteiger partial charge in [-0.05, 0) is 34.0 Å². The second-order valence-electron chi connectivity index (χ2n) is 4.93. The summed E-state index contributed by atoms with van der Waals surface area (Å²) >= 11 is 6.30. The van der Waals surface area contributed by atoms with Crippen LogP contribution in [0, 0.1) is 0 Å². The lowest BCUT2D eigenvalue weighted by Gasteiger charge is -2.45. The number of rotatable bonds is 6. The van der Waals surface area contributed by atoms with Crippen LogP contribution in [0.3, 0.4) is 0 Å². The summed E-state index contributed by atoms with van der Waals surface area (Å²) in [7, 11) is 8.18. The third-order valence-electron chi connectivity index (χ3n) is 4.15. The molecular weight excluding hydrogens is 248 g/mol. The van der Waals surface area contributed by atoms with Crippen molar-refractivity contribution in [1.82, 2.24) is 20.0 Å². The number of hydrogen-bond acceptors (Lipinski definition) is 3. The second-order valence-corrected chi connectivity index (χ2v) is 5.34. The standard InChI is InChI=1S/C13H25ClN4/c1-7-13(8-2,17(4)5)12(15-3)11-10(14)9-16-18(11)6/h9,12,15H,7-8H2,1-6H3. The Labute approximate surface area is 115 Å². The van der Waals surface area contributed by atoms with Crippen molar-refractivity contribution in [2.75, 3.05) is 21.1 Å². The van der Waals surface area contributed by atoms with E-state index in [0.29, 0.717) is 0 Å². The number of nitrogens with one attached hydrogen (secondary N) is 1. The molecule has 0 saturated heterocycles. The van der Waals surface area contributed by atoms with Crippen molar-refractivity contribution in [2.45, 2.75) is 38.3 Å². The average molecular weight is 273 g/mol. The summed E-state index contributed by atoms with van der Waals surface area (Å²) in [5.41, 5.74) is 1.09. The Morgan fingerprint density at radius 3 is 2.28 bits per heavy atom. The quantitative estimate of drug-likeness (QED) is 0.864. The summed E-state index contributed by atoms with van der Waals surface area (Å²) in [6, 6.07) is 0.155. The molecule has 1 unspecified atom stereocenters. The van der Waals surface area contributed by atoms with Crippen LogP contribution in [0.15, 0.2) is 6.20 Å². The highest BCUT2D eigenvalue weighted by Gasteiger charge is 2.40. The molecule has 0 fully saturated rings. The molecular formula is C13H25ClN4. The van der Waals surface area contributed by atoms with Gasteiger partial charge in [-0.15, -0.1) is 0 Å². The number of nitrogens with zero attached hydrogens (tertiary/aromatic N) is 3. The molecule has 4 nitrogen and oxygen atoms in total. The fourth-order valence-electron chi connectivity index (χ4n) is 2.95. The van der Waals surface area contributed by atoms with E-state index in [9.17, 15) is 0 Å². The maximum absolute atomic E-state index is 6.30. The molecule has 0 radical (unpaired) electrons. The molecule has 1 heterocycles. The van der Waals surface area contributed by atoms with Crippen LogP contribution >= 0.6 is 11.6 Å². The lowest BCUT2D eigenvalue weighted by atomic mass is 9.81. The Hall–Kier alpha value is -0.580. The van der Waals surface area contributed by atoms with Gasteiger partial charge in [0.05, 0.1) is 23.0 Å². The molecule has 18 heavy (non-hydrogen) atoms. The van der Waals surface area contributed by atoms with E-state index in [1.807, 2.05) is 18.8 Å². The molecule has 1 aromatic rings. The van der Waals surface area contributed by atoms with Crippen LogP contribution in [-0.2, 0) is 7.05 Å². The van der Waals surface area contributed by atoms with Crippen molar-refractivity contribution in [1.29, 1.82) is 0 Å². The van der Waals surface area contributed by atoms with Crippen LogP contribution < -0.4 is 5.32 Å². The van der Waals surface area contributed by atoms with Gasteiger partial charge in [-0.3, -0.25) is 4.68 Å². The summed E-state index contributed by atoms with van der Waals surface area (Å²) in [5, 5.41) is 8.40. The maximum atomic E-state index is 6.30. The summed E-state index contributed by atoms with van der Waals surface area (Å²) < 4.78 is 1.87. The molecule has 0 saturated carbocycles. The Morgan fingerprint density at radius 1 is 1.44 bits per heavy atom. The van der Waals surface area contributed by atoms with E-state index in [2.05, 4.69) is 43.3 Å². The first-order chi connectivity index (χ1) is 8.44. The Balaban J connectivity index is 3.31. The lowest BCUT2D eigenvalue weighted by Crippen LogP contribution is -2.53. The number of aryl methyl sites for hydroxylation is 1. The van der Waals surface area contributed by atoms with Gasteiger partial charge in [-0.1, -0.05) is 25.4 Å². The van der Waals surface area contributed by atoms with Gasteiger partial charge in [-0.2, -0.15) is 5.10 Å². The lowest BCUT2D eigenvalue weighted by molar-refractivity contribution is 0.0882. The third-order valence-corrected chi connectivity index (χ3v) is 4.44. The highest BCUT2D eigenvalue weighted by Crippen LogP contribution is 2.38. The zero-order chi connectivity index (χ0) is 13.9. The second kappa shape index (κ2) is 6.04. The van der Waals surface area contributed by atoms with Gasteiger partial charge in [-0.25, -0.2) is 0 Å². The molecule has 0 spiro atoms. The number of likely N-dealkylation sites (N-methyl/N-ethyl adjacent to an activating group) is 2. The van der Waals surface area contributed by atoms with E-state index >= 15 is 0 Å². The molecule has 0 aliphatic rings. The molecule has 0 aliphatic carbocycles. The minimum atomic E-state index is 0.0339. The Bertz CT molecular complexity index is 363. The topological polar surface area (TPSA) is 33.1 Å². The molecule has 1 N–H and O–H groups in total. The first-order valence-electron chi connectivity index (χ1n) is 6.46. The summed E-state index contributed by atoms with van der Waals surface area (Å²) in [6.45, 7) is 4.44. The molecule has 0 amide bonds. The predicted molar refractivity (Wildman–Crippen MR) is 77.0 cm³/mol. The first kappa shape index (κ1) is 15.5. The molecule has 1 rings (SSSR count). The fraction of sp³-hybridized carbons (Fsp3) is 0.769. The van der Waals surface area contributed by atoms with Crippen molar-refractivity contribution in [2.24, 2.45) is 7.05 Å². The average Bonchev–Trinajstić information content (AvgIpc) is 2.66. The van der Waals surface area contributed by atoms with Gasteiger partial charge in [0.1, 0.15) is 0 Å². The molecule has 1 aromatic heterocycles. The van der Waals surface area contributed by atoms with E-state index in [4.69, 9.17) is 11.6 Å². The molecule has 0 aliphatic heterocycles. The van der Waals surface area contributed by atoms with E-state index in [1.54, 1.807) is 6.20 Å². The predicted octanol–water partition coefficient (Wildman–Crippen LogP) is 2.45. The first-order valence-corrected chi connectivity index (χ1v) is 6.84. The smallest absolute Gasteiger partial charge is 0.0834 e. The highest BCUT2D eigenvalue weighted by molar-refractivity contribution is 6.31. The van der Waals surface area contributed by atoms with Crippen molar-refractivity contribution in [3.8, 4) is 0 Å². The maximum Gasteiger partial charge on any atom is 0.0834 e. The number of aromatic nitrogens is 2. The van der Waals surface area contributed by atoms with Gasteiger partial charge >= 0.3 is 0 Å². The summed E-state index contributed by atoms with van der Waals surface area (Å²) in [5.74, 6) is 0. The van der Waals surface area contributed by atoms with Crippen LogP contribution in [0.1, 0.15) is 38.4 Å². The summed E-state index contributed by atoms with van der Waals surface area (Å²) in [6.07, 6.45) is 3.81. The zero-order valence-corrected chi connectivity index (χ0v) is 13.0. The highest BCUT2D eigenvalue weighted by atomic mass is 35.5. The summed E-state index contributed by atoms with van der Waals surface area (Å²) in [4.78, 5) is 2.29. The van der Waals surface area contributed by atoms with Gasteiger partial charge in [0.15, 0.2) is 0 Å². The fourth-order valence-corrected chi connectivity index (χ4v) is 3.23. The van der Waals surface area contributed by atoms with Crippen molar-refractivity contribution in [3.63, 3.8) is 0 Å². The van der Waals surface area contributed by atoms with Gasteiger partial charge in [0.25, 0.3) is 0 Å². The SMILES string of the molecule is CCC(CC)(C(NC)c1c(Cl)cnn1C)N(C)C. The number of hydrogen-bond donors (Lipinski definition) is 1. The van der Waals surface area contributed by atoms with E-state index in [1.165, 1.54) is 0 Å². The zero-order valence-electron chi connectivity index (χ0n) is 12.3. The van der Waals surface area contributed by atoms with E-state index < -0.39 is 0 Å². The Kier molecular flexibility index (Phi) is 5.20. The van der Waals surface area contributed by atoms with Crippen LogP contribution in [0.2, 0.25) is 5.02 Å². The van der Waals surface area contributed by atoms with Crippen LogP contribution in [0.4, 0.5) is 0 Å². The minimum Gasteiger partial charge on any atom is -0.310 e. The molecule has 0 aromatic carbocycles.